The number of halogens is 6. The summed E-state index contributed by atoms with van der Waals surface area (Å²) >= 11 is 0. The summed E-state index contributed by atoms with van der Waals surface area (Å²) in [7, 11) is 0. The molecule has 1 saturated carbocycles. The Labute approximate surface area is 187 Å². The lowest BCUT2D eigenvalue weighted by molar-refractivity contribution is -0.149. The van der Waals surface area contributed by atoms with Crippen LogP contribution in [0.4, 0.5) is 26.3 Å². The number of rotatable bonds is 6. The van der Waals surface area contributed by atoms with Gasteiger partial charge in [0.05, 0.1) is 35.9 Å². The molecule has 0 N–H and O–H groups in total. The highest BCUT2D eigenvalue weighted by Gasteiger charge is 2.44. The summed E-state index contributed by atoms with van der Waals surface area (Å²) in [6.45, 7) is 3.30. The molecule has 2 aromatic carbocycles. The van der Waals surface area contributed by atoms with Crippen LogP contribution in [0, 0.1) is 5.92 Å². The summed E-state index contributed by atoms with van der Waals surface area (Å²) in [5.41, 5.74) is -2.22. The molecule has 1 aliphatic carbocycles. The lowest BCUT2D eigenvalue weighted by atomic mass is 9.87. The summed E-state index contributed by atoms with van der Waals surface area (Å²) < 4.78 is 90.6. The summed E-state index contributed by atoms with van der Waals surface area (Å²) in [6.07, 6.45) is -10.7. The smallest absolute Gasteiger partial charge is 0.416 e. The minimum atomic E-state index is -4.94. The molecule has 180 valence electrons. The summed E-state index contributed by atoms with van der Waals surface area (Å²) in [4.78, 5) is 12.5. The van der Waals surface area contributed by atoms with E-state index in [-0.39, 0.29) is 18.2 Å². The summed E-state index contributed by atoms with van der Waals surface area (Å²) in [5, 5.41) is 0. The van der Waals surface area contributed by atoms with Crippen LogP contribution in [-0.4, -0.2) is 18.7 Å². The Morgan fingerprint density at radius 2 is 1.55 bits per heavy atom. The number of ether oxygens (including phenoxy) is 2. The first-order valence-corrected chi connectivity index (χ1v) is 10.6. The third-order valence-electron chi connectivity index (χ3n) is 5.83. The molecular weight excluding hydrogens is 450 g/mol. The monoisotopic (exact) mass is 474 g/mol. The highest BCUT2D eigenvalue weighted by molar-refractivity contribution is 5.74. The highest BCUT2D eigenvalue weighted by atomic mass is 19.4. The normalized spacial score (nSPS) is 22.2. The third-order valence-corrected chi connectivity index (χ3v) is 5.83. The van der Waals surface area contributed by atoms with Crippen LogP contribution in [0.2, 0.25) is 0 Å². The maximum atomic E-state index is 13.2. The molecule has 1 fully saturated rings. The van der Waals surface area contributed by atoms with Crippen LogP contribution >= 0.6 is 0 Å². The van der Waals surface area contributed by atoms with E-state index in [0.29, 0.717) is 25.0 Å². The van der Waals surface area contributed by atoms with Gasteiger partial charge in [0.2, 0.25) is 0 Å². The maximum Gasteiger partial charge on any atom is 0.416 e. The average Bonchev–Trinajstić information content (AvgIpc) is 3.16. The maximum absolute atomic E-state index is 13.2. The fraction of sp³-hybridized carbons (Fsp3) is 0.458. The van der Waals surface area contributed by atoms with Gasteiger partial charge in [-0.25, -0.2) is 0 Å². The summed E-state index contributed by atoms with van der Waals surface area (Å²) in [5.74, 6) is -1.35. The number of hydrogen-bond acceptors (Lipinski definition) is 3. The van der Waals surface area contributed by atoms with Crippen molar-refractivity contribution in [3.8, 4) is 0 Å². The molecule has 0 amide bonds. The average molecular weight is 474 g/mol. The molecule has 0 radical (unpaired) electrons. The standard InChI is InChI=1S/C24H24F6O3/c1-3-32-22(31)19-9-10-20(21(19)15-7-5-4-6-8-15)33-14(2)16-11-17(23(25,26)27)13-18(12-16)24(28,29)30/h4-8,11-14,19-21H,3,9-10H2,1-2H3. The van der Waals surface area contributed by atoms with Gasteiger partial charge in [-0.1, -0.05) is 30.3 Å². The Hall–Kier alpha value is -2.55. The first kappa shape index (κ1) is 25.1. The lowest BCUT2D eigenvalue weighted by Crippen LogP contribution is -2.27. The number of benzene rings is 2. The van der Waals surface area contributed by atoms with E-state index >= 15 is 0 Å². The molecule has 33 heavy (non-hydrogen) atoms. The van der Waals surface area contributed by atoms with Crippen LogP contribution in [0.3, 0.4) is 0 Å². The van der Waals surface area contributed by atoms with Crippen molar-refractivity contribution in [3.05, 3.63) is 70.8 Å². The van der Waals surface area contributed by atoms with E-state index in [1.165, 1.54) is 6.92 Å². The van der Waals surface area contributed by atoms with E-state index < -0.39 is 53.5 Å². The molecule has 4 unspecified atom stereocenters. The molecule has 0 bridgehead atoms. The molecule has 0 spiro atoms. The van der Waals surface area contributed by atoms with Crippen LogP contribution in [0.5, 0.6) is 0 Å². The topological polar surface area (TPSA) is 35.5 Å². The number of carbonyl (C=O) groups is 1. The van der Waals surface area contributed by atoms with Gasteiger partial charge >= 0.3 is 18.3 Å². The fourth-order valence-electron chi connectivity index (χ4n) is 4.31. The van der Waals surface area contributed by atoms with Gasteiger partial charge in [0, 0.05) is 5.92 Å². The number of hydrogen-bond donors (Lipinski definition) is 0. The molecule has 0 saturated heterocycles. The predicted molar refractivity (Wildman–Crippen MR) is 108 cm³/mol. The molecule has 0 heterocycles. The first-order valence-electron chi connectivity index (χ1n) is 10.6. The first-order chi connectivity index (χ1) is 15.4. The molecule has 9 heteroatoms. The number of esters is 1. The van der Waals surface area contributed by atoms with Gasteiger partial charge in [-0.2, -0.15) is 26.3 Å². The van der Waals surface area contributed by atoms with Gasteiger partial charge in [-0.3, -0.25) is 4.79 Å². The Morgan fingerprint density at radius 3 is 2.06 bits per heavy atom. The number of alkyl halides is 6. The molecule has 3 nitrogen and oxygen atoms in total. The van der Waals surface area contributed by atoms with E-state index in [0.717, 1.165) is 5.56 Å². The molecule has 0 aliphatic heterocycles. The van der Waals surface area contributed by atoms with Crippen molar-refractivity contribution in [2.75, 3.05) is 6.61 Å². The highest BCUT2D eigenvalue weighted by Crippen LogP contribution is 2.45. The quantitative estimate of drug-likeness (QED) is 0.337. The van der Waals surface area contributed by atoms with Gasteiger partial charge in [0.25, 0.3) is 0 Å². The second-order valence-electron chi connectivity index (χ2n) is 8.03. The van der Waals surface area contributed by atoms with E-state index in [4.69, 9.17) is 9.47 Å². The zero-order valence-corrected chi connectivity index (χ0v) is 18.0. The van der Waals surface area contributed by atoms with Gasteiger partial charge in [0.1, 0.15) is 0 Å². The SMILES string of the molecule is CCOC(=O)C1CCC(OC(C)c2cc(C(F)(F)F)cc(C(F)(F)F)c2)C1c1ccccc1. The Balaban J connectivity index is 1.92. The zero-order valence-electron chi connectivity index (χ0n) is 18.0. The van der Waals surface area contributed by atoms with Crippen LogP contribution in [0.1, 0.15) is 61.0 Å². The Morgan fingerprint density at radius 1 is 0.970 bits per heavy atom. The van der Waals surface area contributed by atoms with Crippen molar-refractivity contribution in [1.29, 1.82) is 0 Å². The predicted octanol–water partition coefficient (Wildman–Crippen LogP) is 6.93. The van der Waals surface area contributed by atoms with Crippen molar-refractivity contribution in [2.24, 2.45) is 5.92 Å². The fourth-order valence-corrected chi connectivity index (χ4v) is 4.31. The third kappa shape index (κ3) is 5.88. The van der Waals surface area contributed by atoms with Gasteiger partial charge < -0.3 is 9.47 Å². The van der Waals surface area contributed by atoms with Crippen LogP contribution in [0.15, 0.2) is 48.5 Å². The van der Waals surface area contributed by atoms with E-state index in [1.807, 2.05) is 12.1 Å². The molecule has 1 aliphatic rings. The minimum Gasteiger partial charge on any atom is -0.466 e. The van der Waals surface area contributed by atoms with E-state index in [2.05, 4.69) is 0 Å². The van der Waals surface area contributed by atoms with Crippen LogP contribution in [-0.2, 0) is 26.6 Å². The summed E-state index contributed by atoms with van der Waals surface area (Å²) in [6, 6.07) is 10.5. The lowest BCUT2D eigenvalue weighted by Gasteiger charge is -2.28. The molecular formula is C24H24F6O3. The minimum absolute atomic E-state index is 0.0926. The molecule has 3 rings (SSSR count). The van der Waals surface area contributed by atoms with E-state index in [9.17, 15) is 31.1 Å². The number of carbonyl (C=O) groups excluding carboxylic acids is 1. The Kier molecular flexibility index (Phi) is 7.41. The van der Waals surface area contributed by atoms with Crippen molar-refractivity contribution in [3.63, 3.8) is 0 Å². The molecule has 2 aromatic rings. The van der Waals surface area contributed by atoms with Gasteiger partial charge in [-0.05, 0) is 56.0 Å². The van der Waals surface area contributed by atoms with E-state index in [1.54, 1.807) is 25.1 Å². The molecule has 4 atom stereocenters. The van der Waals surface area contributed by atoms with Gasteiger partial charge in [-0.15, -0.1) is 0 Å². The Bertz CT molecular complexity index is 923. The second-order valence-corrected chi connectivity index (χ2v) is 8.03. The van der Waals surface area contributed by atoms with Gasteiger partial charge in [0.15, 0.2) is 0 Å². The largest absolute Gasteiger partial charge is 0.466 e. The van der Waals surface area contributed by atoms with Crippen molar-refractivity contribution in [2.45, 2.75) is 57.2 Å². The van der Waals surface area contributed by atoms with Crippen molar-refractivity contribution < 1.29 is 40.6 Å². The van der Waals surface area contributed by atoms with Crippen molar-refractivity contribution >= 4 is 5.97 Å². The van der Waals surface area contributed by atoms with Crippen LogP contribution in [0.25, 0.3) is 0 Å². The van der Waals surface area contributed by atoms with Crippen LogP contribution < -0.4 is 0 Å². The molecule has 0 aromatic heterocycles. The second kappa shape index (κ2) is 9.75. The van der Waals surface area contributed by atoms with Crippen molar-refractivity contribution in [1.82, 2.24) is 0 Å². The zero-order chi connectivity index (χ0) is 24.4.